The number of ether oxygens (including phenoxy) is 3. The molecule has 9 nitrogen and oxygen atoms in total. The SMILES string of the molecule is CCOC(=O)c1cc(NC(=O)CN2C(=O)S/C(=C/c3cc(Br)c(OCc4cccc5ccccc45)c(OCC)c3)C2=O)ccc1Cl. The molecule has 46 heavy (non-hydrogen) atoms. The number of benzene rings is 4. The minimum atomic E-state index is -0.636. The quantitative estimate of drug-likeness (QED) is 0.122. The molecule has 0 radical (unpaired) electrons. The summed E-state index contributed by atoms with van der Waals surface area (Å²) < 4.78 is 17.7. The van der Waals surface area contributed by atoms with E-state index in [-0.39, 0.29) is 27.8 Å². The summed E-state index contributed by atoms with van der Waals surface area (Å²) in [5, 5.41) is 4.37. The third-order valence-electron chi connectivity index (χ3n) is 6.80. The number of imide groups is 1. The smallest absolute Gasteiger partial charge is 0.339 e. The molecule has 0 spiro atoms. The van der Waals surface area contributed by atoms with Crippen LogP contribution in [0.3, 0.4) is 0 Å². The number of anilines is 1. The van der Waals surface area contributed by atoms with Crippen molar-refractivity contribution in [2.24, 2.45) is 0 Å². The normalized spacial score (nSPS) is 13.7. The number of fused-ring (bicyclic) bond motifs is 1. The molecule has 12 heteroatoms. The van der Waals surface area contributed by atoms with Crippen LogP contribution in [0.4, 0.5) is 10.5 Å². The Labute approximate surface area is 283 Å². The number of halogens is 2. The van der Waals surface area contributed by atoms with Gasteiger partial charge in [-0.3, -0.25) is 19.3 Å². The van der Waals surface area contributed by atoms with E-state index in [0.717, 1.165) is 33.0 Å². The number of nitrogens with one attached hydrogen (secondary N) is 1. The lowest BCUT2D eigenvalue weighted by atomic mass is 10.1. The fraction of sp³-hybridized carbons (Fsp3) is 0.176. The first-order valence-electron chi connectivity index (χ1n) is 14.3. The third-order valence-corrected chi connectivity index (χ3v) is 8.63. The molecular formula is C34H28BrClN2O7S. The van der Waals surface area contributed by atoms with Crippen molar-refractivity contribution in [3.8, 4) is 11.5 Å². The van der Waals surface area contributed by atoms with Crippen LogP contribution in [0, 0.1) is 0 Å². The van der Waals surface area contributed by atoms with Crippen molar-refractivity contribution in [1.82, 2.24) is 4.90 Å². The van der Waals surface area contributed by atoms with Crippen molar-refractivity contribution in [2.45, 2.75) is 20.5 Å². The van der Waals surface area contributed by atoms with Gasteiger partial charge < -0.3 is 19.5 Å². The zero-order valence-corrected chi connectivity index (χ0v) is 28.0. The fourth-order valence-corrected chi connectivity index (χ4v) is 6.35. The van der Waals surface area contributed by atoms with E-state index in [9.17, 15) is 19.2 Å². The van der Waals surface area contributed by atoms with Crippen LogP contribution in [0.2, 0.25) is 5.02 Å². The van der Waals surface area contributed by atoms with Crippen LogP contribution in [-0.2, 0) is 20.9 Å². The summed E-state index contributed by atoms with van der Waals surface area (Å²) in [5.41, 5.74) is 1.95. The zero-order chi connectivity index (χ0) is 32.8. The highest BCUT2D eigenvalue weighted by atomic mass is 79.9. The highest BCUT2D eigenvalue weighted by Crippen LogP contribution is 2.40. The first kappa shape index (κ1) is 33.1. The largest absolute Gasteiger partial charge is 0.490 e. The van der Waals surface area contributed by atoms with E-state index in [1.54, 1.807) is 25.1 Å². The molecule has 0 unspecified atom stereocenters. The van der Waals surface area contributed by atoms with Crippen molar-refractivity contribution >= 4 is 84.9 Å². The molecule has 0 atom stereocenters. The molecule has 1 heterocycles. The molecule has 0 aliphatic carbocycles. The summed E-state index contributed by atoms with van der Waals surface area (Å²) in [7, 11) is 0. The Morgan fingerprint density at radius 2 is 1.76 bits per heavy atom. The van der Waals surface area contributed by atoms with Gasteiger partial charge in [-0.15, -0.1) is 0 Å². The van der Waals surface area contributed by atoms with Gasteiger partial charge in [0.05, 0.1) is 33.2 Å². The van der Waals surface area contributed by atoms with Gasteiger partial charge in [-0.1, -0.05) is 54.1 Å². The number of rotatable bonds is 11. The maximum Gasteiger partial charge on any atom is 0.339 e. The number of thioether (sulfide) groups is 1. The van der Waals surface area contributed by atoms with Crippen LogP contribution in [0.25, 0.3) is 16.8 Å². The molecular weight excluding hydrogens is 696 g/mol. The number of carbonyl (C=O) groups excluding carboxylic acids is 4. The number of amides is 3. The number of hydrogen-bond acceptors (Lipinski definition) is 8. The highest BCUT2D eigenvalue weighted by Gasteiger charge is 2.36. The van der Waals surface area contributed by atoms with Gasteiger partial charge in [0.25, 0.3) is 11.1 Å². The zero-order valence-electron chi connectivity index (χ0n) is 24.8. The number of nitrogens with zero attached hydrogens (tertiary/aromatic N) is 1. The topological polar surface area (TPSA) is 111 Å². The fourth-order valence-electron chi connectivity index (χ4n) is 4.74. The van der Waals surface area contributed by atoms with Gasteiger partial charge in [0, 0.05) is 5.69 Å². The van der Waals surface area contributed by atoms with Gasteiger partial charge >= 0.3 is 5.97 Å². The van der Waals surface area contributed by atoms with Gasteiger partial charge in [-0.05, 0) is 99.8 Å². The van der Waals surface area contributed by atoms with E-state index in [0.29, 0.717) is 34.7 Å². The second-order valence-corrected chi connectivity index (χ2v) is 12.2. The summed E-state index contributed by atoms with van der Waals surface area (Å²) in [6.45, 7) is 3.84. The lowest BCUT2D eigenvalue weighted by Gasteiger charge is -2.16. The Bertz CT molecular complexity index is 1870. The Hall–Kier alpha value is -4.32. The van der Waals surface area contributed by atoms with Crippen LogP contribution in [0.15, 0.2) is 82.2 Å². The van der Waals surface area contributed by atoms with E-state index in [1.165, 1.54) is 18.2 Å². The summed E-state index contributed by atoms with van der Waals surface area (Å²) in [5.74, 6) is -0.908. The van der Waals surface area contributed by atoms with Crippen molar-refractivity contribution in [3.63, 3.8) is 0 Å². The summed E-state index contributed by atoms with van der Waals surface area (Å²) in [6, 6.07) is 21.9. The highest BCUT2D eigenvalue weighted by molar-refractivity contribution is 9.10. The summed E-state index contributed by atoms with van der Waals surface area (Å²) >= 11 is 10.4. The Morgan fingerprint density at radius 1 is 0.978 bits per heavy atom. The van der Waals surface area contributed by atoms with Crippen molar-refractivity contribution in [2.75, 3.05) is 25.1 Å². The maximum absolute atomic E-state index is 13.2. The van der Waals surface area contributed by atoms with Gasteiger partial charge in [-0.25, -0.2) is 4.79 Å². The molecule has 1 saturated heterocycles. The minimum Gasteiger partial charge on any atom is -0.490 e. The average Bonchev–Trinajstić information content (AvgIpc) is 3.28. The van der Waals surface area contributed by atoms with E-state index >= 15 is 0 Å². The molecule has 0 saturated carbocycles. The molecule has 236 valence electrons. The average molecular weight is 724 g/mol. The van der Waals surface area contributed by atoms with Crippen LogP contribution in [0.5, 0.6) is 11.5 Å². The van der Waals surface area contributed by atoms with Gasteiger partial charge in [0.2, 0.25) is 5.91 Å². The predicted octanol–water partition coefficient (Wildman–Crippen LogP) is 8.09. The molecule has 1 aliphatic heterocycles. The number of esters is 1. The molecule has 1 aliphatic rings. The molecule has 0 aromatic heterocycles. The molecule has 4 aromatic carbocycles. The Balaban J connectivity index is 1.30. The number of hydrogen-bond donors (Lipinski definition) is 1. The summed E-state index contributed by atoms with van der Waals surface area (Å²) in [6.07, 6.45) is 1.56. The van der Waals surface area contributed by atoms with E-state index in [1.807, 2.05) is 49.4 Å². The van der Waals surface area contributed by atoms with Gasteiger partial charge in [0.15, 0.2) is 11.5 Å². The Morgan fingerprint density at radius 3 is 2.54 bits per heavy atom. The summed E-state index contributed by atoms with van der Waals surface area (Å²) in [4.78, 5) is 51.9. The van der Waals surface area contributed by atoms with Gasteiger partial charge in [0.1, 0.15) is 13.2 Å². The lowest BCUT2D eigenvalue weighted by molar-refractivity contribution is -0.127. The number of carbonyl (C=O) groups is 4. The first-order valence-corrected chi connectivity index (χ1v) is 16.2. The maximum atomic E-state index is 13.2. The van der Waals surface area contributed by atoms with Crippen LogP contribution in [-0.4, -0.2) is 47.7 Å². The monoisotopic (exact) mass is 722 g/mol. The minimum absolute atomic E-state index is 0.0815. The van der Waals surface area contributed by atoms with Crippen molar-refractivity contribution in [1.29, 1.82) is 0 Å². The predicted molar refractivity (Wildman–Crippen MR) is 182 cm³/mol. The van der Waals surface area contributed by atoms with Crippen LogP contribution >= 0.6 is 39.3 Å². The molecule has 0 bridgehead atoms. The first-order chi connectivity index (χ1) is 22.2. The molecule has 1 fully saturated rings. The third kappa shape index (κ3) is 7.55. The van der Waals surface area contributed by atoms with E-state index in [4.69, 9.17) is 25.8 Å². The molecule has 5 rings (SSSR count). The second kappa shape index (κ2) is 14.8. The molecule has 3 amide bonds. The van der Waals surface area contributed by atoms with Crippen molar-refractivity contribution in [3.05, 3.63) is 104 Å². The molecule has 4 aromatic rings. The van der Waals surface area contributed by atoms with Crippen molar-refractivity contribution < 1.29 is 33.4 Å². The standard InChI is InChI=1S/C34H28BrClN2O7S/c1-3-43-28-15-20(14-26(35)31(28)45-19-22-10-7-9-21-8-5-6-11-24(21)22)16-29-32(40)38(34(42)46-29)18-30(39)37-23-12-13-27(36)25(17-23)33(41)44-4-2/h5-17H,3-4,18-19H2,1-2H3,(H,37,39)/b29-16+. The van der Waals surface area contributed by atoms with Crippen LogP contribution < -0.4 is 14.8 Å². The second-order valence-electron chi connectivity index (χ2n) is 9.92. The van der Waals surface area contributed by atoms with Crippen LogP contribution in [0.1, 0.15) is 35.3 Å². The molecule has 1 N–H and O–H groups in total. The van der Waals surface area contributed by atoms with Gasteiger partial charge in [-0.2, -0.15) is 0 Å². The lowest BCUT2D eigenvalue weighted by Crippen LogP contribution is -2.36. The van der Waals surface area contributed by atoms with E-state index < -0.39 is 29.6 Å². The van der Waals surface area contributed by atoms with E-state index in [2.05, 4.69) is 21.2 Å². The Kier molecular flexibility index (Phi) is 10.7.